The lowest BCUT2D eigenvalue weighted by atomic mass is 9.94. The Kier molecular flexibility index (Phi) is 9.12. The summed E-state index contributed by atoms with van der Waals surface area (Å²) in [5.41, 5.74) is 0.933. The third-order valence-electron chi connectivity index (χ3n) is 7.09. The van der Waals surface area contributed by atoms with Gasteiger partial charge in [-0.05, 0) is 64.7 Å². The van der Waals surface area contributed by atoms with Gasteiger partial charge >= 0.3 is 12.1 Å². The van der Waals surface area contributed by atoms with Gasteiger partial charge in [-0.25, -0.2) is 9.59 Å². The number of ether oxygens (including phenoxy) is 2. The highest BCUT2D eigenvalue weighted by Gasteiger charge is 2.33. The lowest BCUT2D eigenvalue weighted by molar-refractivity contribution is -0.139. The average Bonchev–Trinajstić information content (AvgIpc) is 2.90. The van der Waals surface area contributed by atoms with Crippen LogP contribution in [-0.2, 0) is 19.1 Å². The quantitative estimate of drug-likeness (QED) is 0.590. The number of imide groups is 1. The van der Waals surface area contributed by atoms with Gasteiger partial charge in [0.2, 0.25) is 11.8 Å². The number of benzene rings is 1. The number of piperidine rings is 2. The molecule has 210 valence electrons. The fourth-order valence-corrected chi connectivity index (χ4v) is 5.00. The summed E-state index contributed by atoms with van der Waals surface area (Å²) in [5.74, 6) is 5.97. The molecule has 3 aliphatic heterocycles. The highest BCUT2D eigenvalue weighted by atomic mass is 16.6. The van der Waals surface area contributed by atoms with E-state index >= 15 is 0 Å². The molecule has 5 amide bonds. The molecule has 0 radical (unpaired) electrons. The molecule has 3 saturated heterocycles. The van der Waals surface area contributed by atoms with Crippen LogP contribution in [0.3, 0.4) is 0 Å². The summed E-state index contributed by atoms with van der Waals surface area (Å²) in [6.07, 6.45) is 2.86. The Bertz CT molecular complexity index is 1130. The summed E-state index contributed by atoms with van der Waals surface area (Å²) in [6.45, 7) is 8.58. The summed E-state index contributed by atoms with van der Waals surface area (Å²) < 4.78 is 11.4. The van der Waals surface area contributed by atoms with Crippen LogP contribution in [0.5, 0.6) is 0 Å². The van der Waals surface area contributed by atoms with Crippen LogP contribution in [0.4, 0.5) is 15.3 Å². The number of anilines is 1. The Labute approximate surface area is 230 Å². The van der Waals surface area contributed by atoms with Crippen molar-refractivity contribution in [3.05, 3.63) is 29.8 Å². The van der Waals surface area contributed by atoms with Crippen molar-refractivity contribution in [2.24, 2.45) is 5.92 Å². The minimum absolute atomic E-state index is 0.0540. The number of likely N-dealkylation sites (tertiary alicyclic amines) is 2. The SMILES string of the molecule is CC(C)(C)OC(=O)N1CCC(C(=O)N2CCC(OCC#Cc3cccc(N4CCC(=O)NC4=O)c3)CC2)CC1. The third-order valence-corrected chi connectivity index (χ3v) is 7.09. The first-order valence-corrected chi connectivity index (χ1v) is 13.7. The number of rotatable bonds is 4. The summed E-state index contributed by atoms with van der Waals surface area (Å²) in [6, 6.07) is 6.92. The molecule has 0 aliphatic carbocycles. The maximum Gasteiger partial charge on any atom is 0.410 e. The van der Waals surface area contributed by atoms with Crippen LogP contribution in [0, 0.1) is 17.8 Å². The molecule has 3 heterocycles. The standard InChI is InChI=1S/C29H38N4O6/c1-29(2,3)39-28(37)32-14-9-22(10-15-32)26(35)31-16-11-24(12-17-31)38-19-5-7-21-6-4-8-23(20-21)33-18-13-25(34)30-27(33)36/h4,6,8,20,22,24H,9-19H2,1-3H3,(H,30,34,36). The van der Waals surface area contributed by atoms with E-state index in [1.54, 1.807) is 4.90 Å². The molecule has 1 aromatic carbocycles. The number of nitrogens with one attached hydrogen (secondary N) is 1. The van der Waals surface area contributed by atoms with Crippen molar-refractivity contribution in [2.45, 2.75) is 64.6 Å². The summed E-state index contributed by atoms with van der Waals surface area (Å²) in [5, 5.41) is 2.33. The fraction of sp³-hybridized carbons (Fsp3) is 0.586. The predicted octanol–water partition coefficient (Wildman–Crippen LogP) is 3.14. The number of hydrogen-bond donors (Lipinski definition) is 1. The van der Waals surface area contributed by atoms with Crippen LogP contribution in [0.25, 0.3) is 0 Å². The predicted molar refractivity (Wildman–Crippen MR) is 145 cm³/mol. The molecule has 3 aliphatic rings. The Hall–Kier alpha value is -3.58. The summed E-state index contributed by atoms with van der Waals surface area (Å²) in [7, 11) is 0. The van der Waals surface area contributed by atoms with Gasteiger partial charge in [-0.2, -0.15) is 0 Å². The number of hydrogen-bond acceptors (Lipinski definition) is 6. The molecule has 10 heteroatoms. The topological polar surface area (TPSA) is 108 Å². The van der Waals surface area contributed by atoms with Gasteiger partial charge in [0.1, 0.15) is 12.2 Å². The van der Waals surface area contributed by atoms with Crippen molar-refractivity contribution in [2.75, 3.05) is 44.2 Å². The second kappa shape index (κ2) is 12.5. The Morgan fingerprint density at radius 2 is 1.69 bits per heavy atom. The molecule has 1 N–H and O–H groups in total. The number of carbonyl (C=O) groups excluding carboxylic acids is 4. The lowest BCUT2D eigenvalue weighted by Crippen LogP contribution is -2.49. The van der Waals surface area contributed by atoms with E-state index in [4.69, 9.17) is 9.47 Å². The largest absolute Gasteiger partial charge is 0.444 e. The maximum atomic E-state index is 13.0. The highest BCUT2D eigenvalue weighted by Crippen LogP contribution is 2.24. The third kappa shape index (κ3) is 7.96. The molecular formula is C29H38N4O6. The molecule has 0 unspecified atom stereocenters. The second-order valence-corrected chi connectivity index (χ2v) is 11.2. The van der Waals surface area contributed by atoms with Crippen molar-refractivity contribution in [1.82, 2.24) is 15.1 Å². The molecular weight excluding hydrogens is 500 g/mol. The summed E-state index contributed by atoms with van der Waals surface area (Å²) >= 11 is 0. The molecule has 4 rings (SSSR count). The van der Waals surface area contributed by atoms with E-state index in [0.29, 0.717) is 51.3 Å². The zero-order chi connectivity index (χ0) is 28.0. The first kappa shape index (κ1) is 28.4. The van der Waals surface area contributed by atoms with E-state index in [1.165, 1.54) is 4.90 Å². The van der Waals surface area contributed by atoms with Crippen molar-refractivity contribution in [1.29, 1.82) is 0 Å². The highest BCUT2D eigenvalue weighted by molar-refractivity contribution is 6.05. The summed E-state index contributed by atoms with van der Waals surface area (Å²) in [4.78, 5) is 53.9. The van der Waals surface area contributed by atoms with Gasteiger partial charge in [-0.3, -0.25) is 19.8 Å². The van der Waals surface area contributed by atoms with Gasteiger partial charge < -0.3 is 19.3 Å². The maximum absolute atomic E-state index is 13.0. The second-order valence-electron chi connectivity index (χ2n) is 11.2. The molecule has 39 heavy (non-hydrogen) atoms. The number of carbonyl (C=O) groups is 4. The molecule has 3 fully saturated rings. The van der Waals surface area contributed by atoms with Crippen LogP contribution in [-0.4, -0.2) is 84.8 Å². The molecule has 0 aromatic heterocycles. The van der Waals surface area contributed by atoms with Crippen molar-refractivity contribution in [3.8, 4) is 11.8 Å². The minimum atomic E-state index is -0.525. The number of urea groups is 1. The van der Waals surface area contributed by atoms with Gasteiger partial charge in [0.15, 0.2) is 0 Å². The van der Waals surface area contributed by atoms with Crippen LogP contribution < -0.4 is 10.2 Å². The van der Waals surface area contributed by atoms with Gasteiger partial charge in [0, 0.05) is 56.3 Å². The molecule has 1 aromatic rings. The fourth-order valence-electron chi connectivity index (χ4n) is 5.00. The van der Waals surface area contributed by atoms with E-state index in [2.05, 4.69) is 17.2 Å². The van der Waals surface area contributed by atoms with Crippen LogP contribution >= 0.6 is 0 Å². The van der Waals surface area contributed by atoms with Crippen LogP contribution in [0.2, 0.25) is 0 Å². The van der Waals surface area contributed by atoms with E-state index in [9.17, 15) is 19.2 Å². The molecule has 0 spiro atoms. The number of nitrogens with zero attached hydrogens (tertiary/aromatic N) is 3. The van der Waals surface area contributed by atoms with Gasteiger partial charge in [-0.1, -0.05) is 17.9 Å². The Morgan fingerprint density at radius 1 is 1.00 bits per heavy atom. The lowest BCUT2D eigenvalue weighted by Gasteiger charge is -2.37. The van der Waals surface area contributed by atoms with Gasteiger partial charge in [-0.15, -0.1) is 0 Å². The zero-order valence-corrected chi connectivity index (χ0v) is 23.0. The van der Waals surface area contributed by atoms with Gasteiger partial charge in [0.25, 0.3) is 0 Å². The minimum Gasteiger partial charge on any atom is -0.444 e. The van der Waals surface area contributed by atoms with Crippen LogP contribution in [0.15, 0.2) is 24.3 Å². The normalized spacial score (nSPS) is 19.3. The smallest absolute Gasteiger partial charge is 0.410 e. The first-order chi connectivity index (χ1) is 18.6. The average molecular weight is 539 g/mol. The van der Waals surface area contributed by atoms with E-state index in [-0.39, 0.29) is 43.0 Å². The Morgan fingerprint density at radius 3 is 2.36 bits per heavy atom. The Balaban J connectivity index is 1.17. The van der Waals surface area contributed by atoms with E-state index in [1.807, 2.05) is 49.9 Å². The first-order valence-electron chi connectivity index (χ1n) is 13.7. The molecule has 0 saturated carbocycles. The van der Waals surface area contributed by atoms with Crippen molar-refractivity contribution in [3.63, 3.8) is 0 Å². The zero-order valence-electron chi connectivity index (χ0n) is 23.0. The van der Waals surface area contributed by atoms with E-state index < -0.39 is 11.6 Å². The van der Waals surface area contributed by atoms with Gasteiger partial charge in [0.05, 0.1) is 6.10 Å². The molecule has 10 nitrogen and oxygen atoms in total. The monoisotopic (exact) mass is 538 g/mol. The number of amides is 5. The van der Waals surface area contributed by atoms with E-state index in [0.717, 1.165) is 18.4 Å². The van der Waals surface area contributed by atoms with Crippen molar-refractivity contribution < 1.29 is 28.7 Å². The molecule has 0 bridgehead atoms. The molecule has 0 atom stereocenters. The van der Waals surface area contributed by atoms with Crippen molar-refractivity contribution >= 4 is 29.6 Å². The van der Waals surface area contributed by atoms with Crippen LogP contribution in [0.1, 0.15) is 58.4 Å².